The van der Waals surface area contributed by atoms with Gasteiger partial charge in [-0.1, -0.05) is 73.3 Å². The van der Waals surface area contributed by atoms with Crippen LogP contribution < -0.4 is 0 Å². The number of nitrogens with zero attached hydrogens (tertiary/aromatic N) is 2. The van der Waals surface area contributed by atoms with Gasteiger partial charge in [0.2, 0.25) is 0 Å². The molecule has 2 nitrogen and oxygen atoms in total. The van der Waals surface area contributed by atoms with Crippen LogP contribution >= 0.6 is 11.8 Å². The van der Waals surface area contributed by atoms with E-state index in [-0.39, 0.29) is 17.7 Å². The van der Waals surface area contributed by atoms with Crippen molar-refractivity contribution in [1.82, 2.24) is 4.90 Å². The van der Waals surface area contributed by atoms with Gasteiger partial charge in [-0.3, -0.25) is 0 Å². The summed E-state index contributed by atoms with van der Waals surface area (Å²) >= 11 is 1.63. The minimum Gasteiger partial charge on any atom is -0.308 e. The second kappa shape index (κ2) is 8.97. The monoisotopic (exact) mass is 482 g/mol. The van der Waals surface area contributed by atoms with Crippen molar-refractivity contribution in [3.8, 4) is 0 Å². The summed E-state index contributed by atoms with van der Waals surface area (Å²) in [4.78, 5) is 7.49. The van der Waals surface area contributed by atoms with Gasteiger partial charge in [0, 0.05) is 5.41 Å². The minimum atomic E-state index is -0.240. The topological polar surface area (TPSA) is 15.6 Å². The molecule has 5 heteroatoms. The average molecular weight is 483 g/mol. The zero-order valence-corrected chi connectivity index (χ0v) is 20.1. The summed E-state index contributed by atoms with van der Waals surface area (Å²) in [5.41, 5.74) is 7.68. The van der Waals surface area contributed by atoms with Crippen molar-refractivity contribution >= 4 is 28.7 Å². The number of aliphatic imine (C=N–C) groups is 1. The maximum Gasteiger partial charge on any atom is 0.174 e. The third-order valence-electron chi connectivity index (χ3n) is 6.75. The number of allylic oxidation sites excluding steroid dienone is 1. The minimum absolute atomic E-state index is 0.0704. The molecule has 174 valence electrons. The highest BCUT2D eigenvalue weighted by Crippen LogP contribution is 2.51. The molecule has 0 amide bonds. The summed E-state index contributed by atoms with van der Waals surface area (Å²) in [6, 6.07) is 23.7. The summed E-state index contributed by atoms with van der Waals surface area (Å²) in [5, 5.41) is 3.09. The van der Waals surface area contributed by atoms with Crippen molar-refractivity contribution in [2.75, 3.05) is 0 Å². The van der Waals surface area contributed by atoms with Crippen LogP contribution in [0.2, 0.25) is 0 Å². The van der Waals surface area contributed by atoms with Crippen LogP contribution in [0.3, 0.4) is 0 Å². The fraction of sp³-hybridized carbons (Fsp3) is 0.167. The summed E-state index contributed by atoms with van der Waals surface area (Å²) in [5.74, 6) is -0.0494. The Labute approximate surface area is 208 Å². The zero-order valence-electron chi connectivity index (χ0n) is 19.3. The van der Waals surface area contributed by atoms with Crippen LogP contribution in [0.1, 0.15) is 42.5 Å². The first-order chi connectivity index (χ1) is 17.1. The molecule has 1 aliphatic carbocycles. The summed E-state index contributed by atoms with van der Waals surface area (Å²) in [6.07, 6.45) is 3.96. The van der Waals surface area contributed by atoms with Gasteiger partial charge >= 0.3 is 0 Å². The second-order valence-corrected chi connectivity index (χ2v) is 10.2. The second-order valence-electron chi connectivity index (χ2n) is 9.31. The van der Waals surface area contributed by atoms with Crippen LogP contribution in [-0.2, 0) is 0 Å². The molecule has 0 bridgehead atoms. The Balaban J connectivity index is 1.51. The van der Waals surface area contributed by atoms with Crippen LogP contribution in [0.15, 0.2) is 106 Å². The van der Waals surface area contributed by atoms with Crippen molar-refractivity contribution in [2.24, 2.45) is 10.9 Å². The first kappa shape index (κ1) is 22.1. The third kappa shape index (κ3) is 4.14. The molecule has 2 atom stereocenters. The van der Waals surface area contributed by atoms with E-state index in [1.54, 1.807) is 23.9 Å². The Morgan fingerprint density at radius 2 is 1.57 bits per heavy atom. The molecule has 0 unspecified atom stereocenters. The van der Waals surface area contributed by atoms with Crippen molar-refractivity contribution in [2.45, 2.75) is 25.8 Å². The van der Waals surface area contributed by atoms with Crippen molar-refractivity contribution in [3.05, 3.63) is 129 Å². The van der Waals surface area contributed by atoms with Gasteiger partial charge in [0.05, 0.1) is 17.4 Å². The molecule has 0 fully saturated rings. The number of halogens is 2. The van der Waals surface area contributed by atoms with Crippen LogP contribution in [0.25, 0.3) is 11.8 Å². The van der Waals surface area contributed by atoms with E-state index in [1.165, 1.54) is 35.4 Å². The number of fused-ring (bicyclic) bond motifs is 1. The van der Waals surface area contributed by atoms with Gasteiger partial charge in [-0.15, -0.1) is 0 Å². The van der Waals surface area contributed by atoms with Gasteiger partial charge in [-0.05, 0) is 76.9 Å². The number of hydrogen-bond donors (Lipinski definition) is 0. The molecule has 35 heavy (non-hydrogen) atoms. The fourth-order valence-electron chi connectivity index (χ4n) is 5.21. The predicted molar refractivity (Wildman–Crippen MR) is 140 cm³/mol. The molecular formula is C30H24F2N2S. The molecule has 0 radical (unpaired) electrons. The van der Waals surface area contributed by atoms with Crippen LogP contribution in [0.5, 0.6) is 0 Å². The van der Waals surface area contributed by atoms with E-state index >= 15 is 0 Å². The first-order valence-corrected chi connectivity index (χ1v) is 12.7. The molecule has 3 aliphatic rings. The Morgan fingerprint density at radius 3 is 2.29 bits per heavy atom. The highest BCUT2D eigenvalue weighted by atomic mass is 32.2. The summed E-state index contributed by atoms with van der Waals surface area (Å²) in [7, 11) is 0. The predicted octanol–water partition coefficient (Wildman–Crippen LogP) is 8.19. The van der Waals surface area contributed by atoms with E-state index in [0.717, 1.165) is 46.1 Å². The van der Waals surface area contributed by atoms with E-state index in [4.69, 9.17) is 4.99 Å². The maximum absolute atomic E-state index is 13.9. The normalized spacial score (nSPS) is 22.6. The lowest BCUT2D eigenvalue weighted by Crippen LogP contribution is -2.35. The van der Waals surface area contributed by atoms with Crippen LogP contribution in [-0.4, -0.2) is 10.1 Å². The van der Waals surface area contributed by atoms with Crippen molar-refractivity contribution in [1.29, 1.82) is 0 Å². The summed E-state index contributed by atoms with van der Waals surface area (Å²) < 4.78 is 27.4. The number of rotatable bonds is 3. The van der Waals surface area contributed by atoms with Gasteiger partial charge in [-0.2, -0.15) is 0 Å². The summed E-state index contributed by atoms with van der Waals surface area (Å²) in [6.45, 7) is 2.26. The van der Waals surface area contributed by atoms with Crippen LogP contribution in [0, 0.1) is 17.6 Å². The van der Waals surface area contributed by atoms with Gasteiger partial charge in [0.25, 0.3) is 0 Å². The Hall–Kier alpha value is -3.44. The van der Waals surface area contributed by atoms with Crippen LogP contribution in [0.4, 0.5) is 8.78 Å². The maximum atomic E-state index is 13.9. The van der Waals surface area contributed by atoms with E-state index in [1.807, 2.05) is 30.3 Å². The SMILES string of the molecule is C[C@@H]1CC2=C(N=C3SC=C(c4ccccc4)N3[C@@H]2c2ccc(F)cc2)/C(=C/c2ccc(F)cc2)C1. The molecule has 3 aromatic rings. The van der Waals surface area contributed by atoms with E-state index in [9.17, 15) is 8.78 Å². The first-order valence-electron chi connectivity index (χ1n) is 11.8. The molecule has 3 aromatic carbocycles. The lowest BCUT2D eigenvalue weighted by Gasteiger charge is -2.41. The molecule has 0 aromatic heterocycles. The van der Waals surface area contributed by atoms with E-state index in [0.29, 0.717) is 5.92 Å². The largest absolute Gasteiger partial charge is 0.308 e. The fourth-order valence-corrected chi connectivity index (χ4v) is 6.14. The van der Waals surface area contributed by atoms with Gasteiger partial charge in [0.1, 0.15) is 11.6 Å². The Kier molecular flexibility index (Phi) is 5.65. The third-order valence-corrected chi connectivity index (χ3v) is 7.59. The Bertz CT molecular complexity index is 1390. The smallest absolute Gasteiger partial charge is 0.174 e. The highest BCUT2D eigenvalue weighted by molar-refractivity contribution is 8.16. The number of benzene rings is 3. The lowest BCUT2D eigenvalue weighted by atomic mass is 9.78. The molecule has 0 N–H and O–H groups in total. The molecule has 2 aliphatic heterocycles. The lowest BCUT2D eigenvalue weighted by molar-refractivity contribution is 0.425. The van der Waals surface area contributed by atoms with Crippen molar-refractivity contribution in [3.63, 3.8) is 0 Å². The molecule has 0 spiro atoms. The zero-order chi connectivity index (χ0) is 23.9. The quantitative estimate of drug-likeness (QED) is 0.374. The van der Waals surface area contributed by atoms with Crippen molar-refractivity contribution < 1.29 is 8.78 Å². The number of amidine groups is 1. The number of thioether (sulfide) groups is 1. The highest BCUT2D eigenvalue weighted by Gasteiger charge is 2.41. The van der Waals surface area contributed by atoms with Gasteiger partial charge in [-0.25, -0.2) is 13.8 Å². The van der Waals surface area contributed by atoms with E-state index < -0.39 is 0 Å². The average Bonchev–Trinajstić information content (AvgIpc) is 3.29. The number of hydrogen-bond acceptors (Lipinski definition) is 3. The standard InChI is InChI=1S/C30H24F2N2S/c1-19-15-23(17-20-7-11-24(31)12-8-20)28-26(16-19)29(22-9-13-25(32)14-10-22)34-27(18-35-30(34)33-28)21-5-3-2-4-6-21/h2-14,17-19,29H,15-16H2,1H3/b23-17+/t19-,29+/m0/s1. The van der Waals surface area contributed by atoms with E-state index in [2.05, 4.69) is 35.4 Å². The molecule has 2 heterocycles. The molecule has 0 saturated carbocycles. The Morgan fingerprint density at radius 1 is 0.886 bits per heavy atom. The molecule has 0 saturated heterocycles. The van der Waals surface area contributed by atoms with Gasteiger partial charge < -0.3 is 4.90 Å². The molecular weight excluding hydrogens is 458 g/mol. The molecule has 6 rings (SSSR count). The van der Waals surface area contributed by atoms with Gasteiger partial charge in [0.15, 0.2) is 5.17 Å².